The summed E-state index contributed by atoms with van der Waals surface area (Å²) in [6.07, 6.45) is 14.2. The number of amides is 1. The SMILES string of the molecule is CC1CCCC(C)N1CCc1cn(-c2ccc(C=CC(=O)NCc3cccnc3)cc2)c2ccccc12. The molecule has 1 aliphatic heterocycles. The van der Waals surface area contributed by atoms with Crippen LogP contribution in [-0.2, 0) is 17.8 Å². The Balaban J connectivity index is 1.27. The summed E-state index contributed by atoms with van der Waals surface area (Å²) in [5, 5.41) is 4.22. The summed E-state index contributed by atoms with van der Waals surface area (Å²) in [7, 11) is 0. The highest BCUT2D eigenvalue weighted by molar-refractivity contribution is 5.91. The van der Waals surface area contributed by atoms with Gasteiger partial charge in [-0.05, 0) is 80.1 Å². The van der Waals surface area contributed by atoms with Gasteiger partial charge >= 0.3 is 0 Å². The molecule has 0 spiro atoms. The zero-order valence-electron chi connectivity index (χ0n) is 21.8. The number of carbonyl (C=O) groups is 1. The van der Waals surface area contributed by atoms with Crippen LogP contribution in [0.2, 0.25) is 0 Å². The molecule has 1 N–H and O–H groups in total. The molecule has 0 aliphatic carbocycles. The van der Waals surface area contributed by atoms with Crippen LogP contribution < -0.4 is 5.32 Å². The molecule has 5 heteroatoms. The van der Waals surface area contributed by atoms with Gasteiger partial charge in [-0.15, -0.1) is 0 Å². The zero-order valence-corrected chi connectivity index (χ0v) is 21.8. The van der Waals surface area contributed by atoms with E-state index in [9.17, 15) is 4.79 Å². The van der Waals surface area contributed by atoms with Gasteiger partial charge in [0.05, 0.1) is 5.52 Å². The van der Waals surface area contributed by atoms with Crippen molar-refractivity contribution in [1.82, 2.24) is 19.8 Å². The Hall–Kier alpha value is -3.70. The number of hydrogen-bond donors (Lipinski definition) is 1. The van der Waals surface area contributed by atoms with Gasteiger partial charge < -0.3 is 9.88 Å². The fourth-order valence-electron chi connectivity index (χ4n) is 5.50. The third kappa shape index (κ3) is 6.00. The number of benzene rings is 2. The molecule has 3 heterocycles. The molecule has 2 atom stereocenters. The highest BCUT2D eigenvalue weighted by Gasteiger charge is 2.24. The third-order valence-corrected chi connectivity index (χ3v) is 7.60. The Kier molecular flexibility index (Phi) is 7.81. The van der Waals surface area contributed by atoms with E-state index in [0.29, 0.717) is 18.6 Å². The first-order valence-corrected chi connectivity index (χ1v) is 13.4. The molecule has 2 aromatic carbocycles. The van der Waals surface area contributed by atoms with Crippen LogP contribution in [0, 0.1) is 0 Å². The lowest BCUT2D eigenvalue weighted by Crippen LogP contribution is -2.44. The molecular formula is C32H36N4O. The van der Waals surface area contributed by atoms with Gasteiger partial charge in [0.2, 0.25) is 5.91 Å². The van der Waals surface area contributed by atoms with Crippen molar-refractivity contribution >= 4 is 22.9 Å². The summed E-state index contributed by atoms with van der Waals surface area (Å²) in [5.41, 5.74) is 5.72. The topological polar surface area (TPSA) is 50.2 Å². The molecule has 5 nitrogen and oxygen atoms in total. The minimum atomic E-state index is -0.119. The molecule has 37 heavy (non-hydrogen) atoms. The maximum absolute atomic E-state index is 12.2. The largest absolute Gasteiger partial charge is 0.348 e. The Bertz CT molecular complexity index is 1350. The second-order valence-electron chi connectivity index (χ2n) is 10.2. The Morgan fingerprint density at radius 1 is 1.03 bits per heavy atom. The normalized spacial score (nSPS) is 18.4. The van der Waals surface area contributed by atoms with E-state index in [2.05, 4.69) is 88.3 Å². The molecule has 1 saturated heterocycles. The van der Waals surface area contributed by atoms with Gasteiger partial charge in [0.1, 0.15) is 0 Å². The molecule has 0 radical (unpaired) electrons. The van der Waals surface area contributed by atoms with Crippen LogP contribution in [0.4, 0.5) is 0 Å². The summed E-state index contributed by atoms with van der Waals surface area (Å²) < 4.78 is 2.29. The number of aromatic nitrogens is 2. The zero-order chi connectivity index (χ0) is 25.6. The molecule has 0 saturated carbocycles. The van der Waals surface area contributed by atoms with Crippen molar-refractivity contribution in [3.8, 4) is 5.69 Å². The van der Waals surface area contributed by atoms with Crippen molar-refractivity contribution in [2.75, 3.05) is 6.54 Å². The predicted molar refractivity (Wildman–Crippen MR) is 152 cm³/mol. The van der Waals surface area contributed by atoms with Gasteiger partial charge in [-0.3, -0.25) is 14.7 Å². The lowest BCUT2D eigenvalue weighted by Gasteiger charge is -2.39. The maximum atomic E-state index is 12.2. The number of hydrogen-bond acceptors (Lipinski definition) is 3. The van der Waals surface area contributed by atoms with Crippen LogP contribution in [0.15, 0.2) is 85.3 Å². The van der Waals surface area contributed by atoms with E-state index in [0.717, 1.165) is 29.8 Å². The van der Waals surface area contributed by atoms with Crippen molar-refractivity contribution < 1.29 is 4.79 Å². The van der Waals surface area contributed by atoms with Gasteiger partial charge in [-0.1, -0.05) is 42.8 Å². The number of nitrogens with one attached hydrogen (secondary N) is 1. The van der Waals surface area contributed by atoms with Crippen molar-refractivity contribution in [2.45, 2.75) is 58.2 Å². The lowest BCUT2D eigenvalue weighted by atomic mass is 9.97. The predicted octanol–water partition coefficient (Wildman–Crippen LogP) is 6.16. The second kappa shape index (κ2) is 11.6. The van der Waals surface area contributed by atoms with Crippen LogP contribution in [0.5, 0.6) is 0 Å². The monoisotopic (exact) mass is 492 g/mol. The van der Waals surface area contributed by atoms with Crippen LogP contribution >= 0.6 is 0 Å². The van der Waals surface area contributed by atoms with E-state index >= 15 is 0 Å². The minimum absolute atomic E-state index is 0.119. The van der Waals surface area contributed by atoms with E-state index in [1.54, 1.807) is 18.5 Å². The summed E-state index contributed by atoms with van der Waals surface area (Å²) in [4.78, 5) is 19.0. The smallest absolute Gasteiger partial charge is 0.244 e. The molecule has 2 unspecified atom stereocenters. The first-order valence-electron chi connectivity index (χ1n) is 13.4. The van der Waals surface area contributed by atoms with Gasteiger partial charge in [-0.25, -0.2) is 0 Å². The number of rotatable bonds is 8. The fourth-order valence-corrected chi connectivity index (χ4v) is 5.50. The molecule has 1 aliphatic rings. The van der Waals surface area contributed by atoms with Crippen LogP contribution in [-0.4, -0.2) is 39.0 Å². The van der Waals surface area contributed by atoms with Gasteiger partial charge in [0, 0.05) is 60.9 Å². The van der Waals surface area contributed by atoms with Gasteiger partial charge in [-0.2, -0.15) is 0 Å². The number of carbonyl (C=O) groups excluding carboxylic acids is 1. The minimum Gasteiger partial charge on any atom is -0.348 e. The van der Waals surface area contributed by atoms with E-state index in [1.165, 1.54) is 35.7 Å². The van der Waals surface area contributed by atoms with Crippen molar-refractivity contribution in [1.29, 1.82) is 0 Å². The van der Waals surface area contributed by atoms with Crippen molar-refractivity contribution in [2.24, 2.45) is 0 Å². The number of piperidine rings is 1. The number of pyridine rings is 1. The molecule has 190 valence electrons. The summed E-state index contributed by atoms with van der Waals surface area (Å²) in [6.45, 7) is 6.32. The van der Waals surface area contributed by atoms with E-state index < -0.39 is 0 Å². The van der Waals surface area contributed by atoms with Crippen LogP contribution in [0.1, 0.15) is 49.8 Å². The molecule has 2 aromatic heterocycles. The summed E-state index contributed by atoms with van der Waals surface area (Å²) in [6, 6.07) is 22.2. The van der Waals surface area contributed by atoms with E-state index in [-0.39, 0.29) is 5.91 Å². The van der Waals surface area contributed by atoms with Crippen molar-refractivity contribution in [3.63, 3.8) is 0 Å². The average Bonchev–Trinajstić information content (AvgIpc) is 3.30. The molecule has 4 aromatic rings. The quantitative estimate of drug-likeness (QED) is 0.300. The molecule has 5 rings (SSSR count). The van der Waals surface area contributed by atoms with Crippen LogP contribution in [0.25, 0.3) is 22.7 Å². The lowest BCUT2D eigenvalue weighted by molar-refractivity contribution is -0.116. The first-order chi connectivity index (χ1) is 18.1. The Labute approximate surface area is 219 Å². The number of fused-ring (bicyclic) bond motifs is 1. The van der Waals surface area contributed by atoms with E-state index in [4.69, 9.17) is 0 Å². The highest BCUT2D eigenvalue weighted by Crippen LogP contribution is 2.28. The number of nitrogens with zero attached hydrogens (tertiary/aromatic N) is 3. The summed E-state index contributed by atoms with van der Waals surface area (Å²) in [5.74, 6) is -0.119. The fraction of sp³-hybridized carbons (Fsp3) is 0.312. The number of para-hydroxylation sites is 1. The van der Waals surface area contributed by atoms with E-state index in [1.807, 2.05) is 18.2 Å². The van der Waals surface area contributed by atoms with Crippen LogP contribution in [0.3, 0.4) is 0 Å². The molecule has 1 amide bonds. The second-order valence-corrected chi connectivity index (χ2v) is 10.2. The Morgan fingerprint density at radius 2 is 1.81 bits per heavy atom. The van der Waals surface area contributed by atoms with Gasteiger partial charge in [0.15, 0.2) is 0 Å². The molecule has 0 bridgehead atoms. The Morgan fingerprint density at radius 3 is 2.57 bits per heavy atom. The first kappa shape index (κ1) is 25.0. The maximum Gasteiger partial charge on any atom is 0.244 e. The molecular weight excluding hydrogens is 456 g/mol. The van der Waals surface area contributed by atoms with Crippen molar-refractivity contribution in [3.05, 3.63) is 102 Å². The summed E-state index contributed by atoms with van der Waals surface area (Å²) >= 11 is 0. The third-order valence-electron chi connectivity index (χ3n) is 7.60. The van der Waals surface area contributed by atoms with Gasteiger partial charge in [0.25, 0.3) is 0 Å². The molecule has 1 fully saturated rings. The number of likely N-dealkylation sites (tertiary alicyclic amines) is 1. The average molecular weight is 493 g/mol. The highest BCUT2D eigenvalue weighted by atomic mass is 16.1. The standard InChI is InChI=1S/C32H36N4O/c1-24-7-5-8-25(2)35(24)20-18-28-23-36(31-11-4-3-10-30(28)31)29-15-12-26(13-16-29)14-17-32(37)34-22-27-9-6-19-33-21-27/h3-4,6,9-17,19,21,23-25H,5,7-8,18,20,22H2,1-2H3,(H,34,37).